The molecule has 7 nitrogen and oxygen atoms in total. The van der Waals surface area contributed by atoms with Crippen LogP contribution >= 0.6 is 0 Å². The number of carboxylic acid groups (broad SMARTS) is 1. The van der Waals surface area contributed by atoms with Gasteiger partial charge in [0, 0.05) is 6.07 Å². The van der Waals surface area contributed by atoms with Gasteiger partial charge in [-0.2, -0.15) is 0 Å². The zero-order valence-electron chi connectivity index (χ0n) is 10.9. The summed E-state index contributed by atoms with van der Waals surface area (Å²) in [5.41, 5.74) is 0.575. The minimum atomic E-state index is -3.76. The maximum atomic E-state index is 11.8. The first-order valence-corrected chi connectivity index (χ1v) is 7.64. The molecule has 0 aliphatic carbocycles. The number of sulfonamides is 1. The predicted molar refractivity (Wildman–Crippen MR) is 67.9 cm³/mol. The standard InChI is InChI=1S/C11H18N2O5S/c1-3-4-5-10(11(14)15)13-19(16,17)7-9-6-8(2)12-18-9/h6,10,13H,3-5,7H2,1-2H3,(H,14,15)/t10-/m0/s1. The van der Waals surface area contributed by atoms with Crippen molar-refractivity contribution in [2.24, 2.45) is 0 Å². The van der Waals surface area contributed by atoms with Crippen LogP contribution in [0, 0.1) is 6.92 Å². The first-order chi connectivity index (χ1) is 8.84. The van der Waals surface area contributed by atoms with Crippen molar-refractivity contribution in [3.05, 3.63) is 17.5 Å². The van der Waals surface area contributed by atoms with E-state index in [2.05, 4.69) is 9.88 Å². The molecular weight excluding hydrogens is 272 g/mol. The first-order valence-electron chi connectivity index (χ1n) is 5.99. The maximum Gasteiger partial charge on any atom is 0.321 e. The Labute approximate surface area is 112 Å². The van der Waals surface area contributed by atoms with Gasteiger partial charge in [-0.15, -0.1) is 0 Å². The molecule has 2 N–H and O–H groups in total. The average Bonchev–Trinajstić information content (AvgIpc) is 2.68. The van der Waals surface area contributed by atoms with Gasteiger partial charge < -0.3 is 9.63 Å². The van der Waals surface area contributed by atoms with Crippen LogP contribution in [0.5, 0.6) is 0 Å². The molecule has 108 valence electrons. The lowest BCUT2D eigenvalue weighted by Crippen LogP contribution is -2.41. The van der Waals surface area contributed by atoms with Gasteiger partial charge in [0.2, 0.25) is 10.0 Å². The van der Waals surface area contributed by atoms with Crippen LogP contribution in [-0.4, -0.2) is 30.7 Å². The summed E-state index contributed by atoms with van der Waals surface area (Å²) < 4.78 is 30.6. The van der Waals surface area contributed by atoms with Crippen molar-refractivity contribution in [2.75, 3.05) is 0 Å². The lowest BCUT2D eigenvalue weighted by molar-refractivity contribution is -0.139. The molecule has 0 spiro atoms. The van der Waals surface area contributed by atoms with E-state index in [0.29, 0.717) is 12.1 Å². The first kappa shape index (κ1) is 15.6. The Hall–Kier alpha value is -1.41. The highest BCUT2D eigenvalue weighted by molar-refractivity contribution is 7.88. The third kappa shape index (κ3) is 5.39. The van der Waals surface area contributed by atoms with Crippen LogP contribution in [0.4, 0.5) is 0 Å². The number of aryl methyl sites for hydroxylation is 1. The Morgan fingerprint density at radius 1 is 1.58 bits per heavy atom. The molecule has 1 atom stereocenters. The second-order valence-corrected chi connectivity index (χ2v) is 6.10. The average molecular weight is 290 g/mol. The highest BCUT2D eigenvalue weighted by atomic mass is 32.2. The van der Waals surface area contributed by atoms with Crippen LogP contribution in [0.2, 0.25) is 0 Å². The Morgan fingerprint density at radius 2 is 2.26 bits per heavy atom. The number of carboxylic acids is 1. The van der Waals surface area contributed by atoms with Crippen LogP contribution in [0.25, 0.3) is 0 Å². The van der Waals surface area contributed by atoms with Gasteiger partial charge in [0.05, 0.1) is 5.69 Å². The van der Waals surface area contributed by atoms with Gasteiger partial charge >= 0.3 is 5.97 Å². The molecule has 0 radical (unpaired) electrons. The lowest BCUT2D eigenvalue weighted by Gasteiger charge is -2.13. The lowest BCUT2D eigenvalue weighted by atomic mass is 10.1. The van der Waals surface area contributed by atoms with E-state index in [1.165, 1.54) is 6.07 Å². The van der Waals surface area contributed by atoms with Gasteiger partial charge in [0.25, 0.3) is 0 Å². The Bertz CT molecular complexity index is 523. The molecule has 0 aliphatic heterocycles. The summed E-state index contributed by atoms with van der Waals surface area (Å²) in [6.45, 7) is 3.58. The van der Waals surface area contributed by atoms with E-state index >= 15 is 0 Å². The van der Waals surface area contributed by atoms with Crippen molar-refractivity contribution >= 4 is 16.0 Å². The molecule has 0 saturated heterocycles. The quantitative estimate of drug-likeness (QED) is 0.740. The number of aliphatic carboxylic acids is 1. The van der Waals surface area contributed by atoms with E-state index in [1.54, 1.807) is 6.92 Å². The molecule has 1 rings (SSSR count). The van der Waals surface area contributed by atoms with E-state index in [-0.39, 0.29) is 12.2 Å². The molecule has 0 aromatic carbocycles. The van der Waals surface area contributed by atoms with Gasteiger partial charge in [-0.05, 0) is 13.3 Å². The Balaban J connectivity index is 2.68. The van der Waals surface area contributed by atoms with E-state index in [4.69, 9.17) is 9.63 Å². The Morgan fingerprint density at radius 3 is 2.74 bits per heavy atom. The normalized spacial score (nSPS) is 13.4. The topological polar surface area (TPSA) is 110 Å². The van der Waals surface area contributed by atoms with Gasteiger partial charge in [-0.25, -0.2) is 13.1 Å². The molecular formula is C11H18N2O5S. The molecule has 1 aromatic heterocycles. The number of nitrogens with one attached hydrogen (secondary N) is 1. The van der Waals surface area contributed by atoms with Crippen LogP contribution < -0.4 is 4.72 Å². The summed E-state index contributed by atoms with van der Waals surface area (Å²) >= 11 is 0. The van der Waals surface area contributed by atoms with Gasteiger partial charge in [0.1, 0.15) is 11.8 Å². The number of aromatic nitrogens is 1. The third-order valence-corrected chi connectivity index (χ3v) is 3.78. The molecule has 0 amide bonds. The zero-order chi connectivity index (χ0) is 14.5. The fourth-order valence-corrected chi connectivity index (χ4v) is 2.82. The SMILES string of the molecule is CCCC[C@H](NS(=O)(=O)Cc1cc(C)no1)C(=O)O. The molecule has 8 heteroatoms. The molecule has 1 aromatic rings. The van der Waals surface area contributed by atoms with Gasteiger partial charge in [-0.3, -0.25) is 4.79 Å². The van der Waals surface area contributed by atoms with Gasteiger partial charge in [0.15, 0.2) is 5.76 Å². The summed E-state index contributed by atoms with van der Waals surface area (Å²) in [7, 11) is -3.76. The van der Waals surface area contributed by atoms with Crippen LogP contribution in [0.1, 0.15) is 37.6 Å². The fourth-order valence-electron chi connectivity index (χ4n) is 1.57. The molecule has 0 bridgehead atoms. The summed E-state index contributed by atoms with van der Waals surface area (Å²) in [6, 6.07) is 0.398. The minimum Gasteiger partial charge on any atom is -0.480 e. The maximum absolute atomic E-state index is 11.8. The van der Waals surface area contributed by atoms with Crippen LogP contribution in [0.15, 0.2) is 10.6 Å². The van der Waals surface area contributed by atoms with E-state index < -0.39 is 27.8 Å². The summed E-state index contributed by atoms with van der Waals surface area (Å²) in [6.07, 6.45) is 1.70. The largest absolute Gasteiger partial charge is 0.480 e. The second kappa shape index (κ2) is 6.67. The highest BCUT2D eigenvalue weighted by Gasteiger charge is 2.24. The van der Waals surface area contributed by atoms with E-state index in [9.17, 15) is 13.2 Å². The summed E-state index contributed by atoms with van der Waals surface area (Å²) in [5.74, 6) is -1.40. The Kier molecular flexibility index (Phi) is 5.49. The number of carbonyl (C=O) groups is 1. The molecule has 0 fully saturated rings. The van der Waals surface area contributed by atoms with E-state index in [1.807, 2.05) is 6.92 Å². The van der Waals surface area contributed by atoms with Gasteiger partial charge in [-0.1, -0.05) is 24.9 Å². The second-order valence-electron chi connectivity index (χ2n) is 4.34. The monoisotopic (exact) mass is 290 g/mol. The van der Waals surface area contributed by atoms with Crippen molar-refractivity contribution in [1.82, 2.24) is 9.88 Å². The van der Waals surface area contributed by atoms with Crippen LogP contribution in [-0.2, 0) is 20.6 Å². The van der Waals surface area contributed by atoms with Crippen molar-refractivity contribution in [2.45, 2.75) is 44.9 Å². The minimum absolute atomic E-state index is 0.185. The van der Waals surface area contributed by atoms with Crippen molar-refractivity contribution in [3.63, 3.8) is 0 Å². The van der Waals surface area contributed by atoms with Crippen molar-refractivity contribution in [3.8, 4) is 0 Å². The van der Waals surface area contributed by atoms with Crippen molar-refractivity contribution < 1.29 is 22.8 Å². The number of nitrogens with zero attached hydrogens (tertiary/aromatic N) is 1. The number of hydrogen-bond acceptors (Lipinski definition) is 5. The number of unbranched alkanes of at least 4 members (excludes halogenated alkanes) is 1. The highest BCUT2D eigenvalue weighted by Crippen LogP contribution is 2.09. The van der Waals surface area contributed by atoms with Crippen molar-refractivity contribution in [1.29, 1.82) is 0 Å². The van der Waals surface area contributed by atoms with E-state index in [0.717, 1.165) is 6.42 Å². The molecule has 1 heterocycles. The summed E-state index contributed by atoms with van der Waals surface area (Å²) in [5, 5.41) is 12.6. The fraction of sp³-hybridized carbons (Fsp3) is 0.636. The zero-order valence-corrected chi connectivity index (χ0v) is 11.7. The third-order valence-electron chi connectivity index (χ3n) is 2.48. The summed E-state index contributed by atoms with van der Waals surface area (Å²) in [4.78, 5) is 11.0. The predicted octanol–water partition coefficient (Wildman–Crippen LogP) is 1.05. The molecule has 19 heavy (non-hydrogen) atoms. The number of hydrogen-bond donors (Lipinski definition) is 2. The smallest absolute Gasteiger partial charge is 0.321 e. The number of rotatable bonds is 8. The van der Waals surface area contributed by atoms with Crippen LogP contribution in [0.3, 0.4) is 0 Å². The molecule has 0 aliphatic rings. The molecule has 0 unspecified atom stereocenters. The molecule has 0 saturated carbocycles.